The number of hydrogen-bond acceptors (Lipinski definition) is 2. The standard InChI is InChI=1S/C17H27N3O/c1-12-6-5-7-13(2)20(12)17(21)19-16-10-8-15(9-11-16)14(3)18-4/h8-14,18H,5-7H2,1-4H3,(H,19,21). The van der Waals surface area contributed by atoms with Gasteiger partial charge >= 0.3 is 6.03 Å². The van der Waals surface area contributed by atoms with Gasteiger partial charge in [0, 0.05) is 23.8 Å². The number of nitrogens with one attached hydrogen (secondary N) is 2. The van der Waals surface area contributed by atoms with Gasteiger partial charge in [-0.05, 0) is 64.8 Å². The van der Waals surface area contributed by atoms with Crippen LogP contribution in [0, 0.1) is 0 Å². The van der Waals surface area contributed by atoms with Crippen LogP contribution < -0.4 is 10.6 Å². The molecule has 2 rings (SSSR count). The van der Waals surface area contributed by atoms with Crippen molar-refractivity contribution in [2.45, 2.75) is 58.2 Å². The summed E-state index contributed by atoms with van der Waals surface area (Å²) in [5, 5.41) is 6.23. The molecule has 0 radical (unpaired) electrons. The van der Waals surface area contributed by atoms with E-state index in [0.717, 1.165) is 18.5 Å². The molecular formula is C17H27N3O. The van der Waals surface area contributed by atoms with Crippen LogP contribution in [0.2, 0.25) is 0 Å². The summed E-state index contributed by atoms with van der Waals surface area (Å²) in [6.45, 7) is 6.38. The van der Waals surface area contributed by atoms with Gasteiger partial charge in [0.2, 0.25) is 0 Å². The second kappa shape index (κ2) is 6.94. The van der Waals surface area contributed by atoms with Crippen LogP contribution in [0.5, 0.6) is 0 Å². The van der Waals surface area contributed by atoms with Crippen molar-refractivity contribution in [1.82, 2.24) is 10.2 Å². The Labute approximate surface area is 127 Å². The van der Waals surface area contributed by atoms with Crippen molar-refractivity contribution in [3.8, 4) is 0 Å². The molecule has 1 heterocycles. The Kier molecular flexibility index (Phi) is 5.23. The first-order chi connectivity index (χ1) is 10.0. The zero-order valence-corrected chi connectivity index (χ0v) is 13.5. The number of anilines is 1. The summed E-state index contributed by atoms with van der Waals surface area (Å²) < 4.78 is 0. The number of nitrogens with zero attached hydrogens (tertiary/aromatic N) is 1. The highest BCUT2D eigenvalue weighted by Crippen LogP contribution is 2.24. The number of likely N-dealkylation sites (tertiary alicyclic amines) is 1. The molecule has 0 aliphatic carbocycles. The topological polar surface area (TPSA) is 44.4 Å². The Hall–Kier alpha value is -1.55. The molecule has 116 valence electrons. The van der Waals surface area contributed by atoms with Gasteiger partial charge in [-0.15, -0.1) is 0 Å². The number of hydrogen-bond donors (Lipinski definition) is 2. The fraction of sp³-hybridized carbons (Fsp3) is 0.588. The van der Waals surface area contributed by atoms with Crippen LogP contribution >= 0.6 is 0 Å². The predicted molar refractivity (Wildman–Crippen MR) is 87.5 cm³/mol. The molecule has 3 atom stereocenters. The third kappa shape index (κ3) is 3.76. The summed E-state index contributed by atoms with van der Waals surface area (Å²) in [4.78, 5) is 14.4. The number of urea groups is 1. The molecule has 4 nitrogen and oxygen atoms in total. The Morgan fingerprint density at radius 3 is 2.29 bits per heavy atom. The quantitative estimate of drug-likeness (QED) is 0.890. The molecule has 2 N–H and O–H groups in total. The molecule has 21 heavy (non-hydrogen) atoms. The van der Waals surface area contributed by atoms with Gasteiger partial charge < -0.3 is 15.5 Å². The Balaban J connectivity index is 2.02. The van der Waals surface area contributed by atoms with Gasteiger partial charge in [0.05, 0.1) is 0 Å². The maximum absolute atomic E-state index is 12.5. The van der Waals surface area contributed by atoms with E-state index in [9.17, 15) is 4.79 Å². The molecule has 1 aromatic carbocycles. The lowest BCUT2D eigenvalue weighted by molar-refractivity contribution is 0.133. The average molecular weight is 289 g/mol. The highest BCUT2D eigenvalue weighted by Gasteiger charge is 2.28. The maximum Gasteiger partial charge on any atom is 0.322 e. The summed E-state index contributed by atoms with van der Waals surface area (Å²) >= 11 is 0. The van der Waals surface area contributed by atoms with Crippen molar-refractivity contribution >= 4 is 11.7 Å². The molecule has 0 spiro atoms. The fourth-order valence-electron chi connectivity index (χ4n) is 3.03. The summed E-state index contributed by atoms with van der Waals surface area (Å²) in [5.41, 5.74) is 2.08. The van der Waals surface area contributed by atoms with Gasteiger partial charge in [0.15, 0.2) is 0 Å². The van der Waals surface area contributed by atoms with Crippen LogP contribution in [0.15, 0.2) is 24.3 Å². The third-order valence-corrected chi connectivity index (χ3v) is 4.52. The predicted octanol–water partition coefficient (Wildman–Crippen LogP) is 3.76. The van der Waals surface area contributed by atoms with Gasteiger partial charge in [-0.1, -0.05) is 12.1 Å². The SMILES string of the molecule is CNC(C)c1ccc(NC(=O)N2C(C)CCCC2C)cc1. The average Bonchev–Trinajstić information content (AvgIpc) is 2.47. The summed E-state index contributed by atoms with van der Waals surface area (Å²) in [6.07, 6.45) is 3.40. The molecule has 1 aromatic rings. The molecule has 1 aliphatic heterocycles. The van der Waals surface area contributed by atoms with E-state index in [4.69, 9.17) is 0 Å². The first kappa shape index (κ1) is 15.8. The first-order valence-corrected chi connectivity index (χ1v) is 7.89. The van der Waals surface area contributed by atoms with E-state index in [1.807, 2.05) is 24.1 Å². The van der Waals surface area contributed by atoms with Gasteiger partial charge in [-0.3, -0.25) is 0 Å². The molecule has 1 aliphatic rings. The molecule has 0 aromatic heterocycles. The number of carbonyl (C=O) groups excluding carboxylic acids is 1. The lowest BCUT2D eigenvalue weighted by atomic mass is 9.98. The molecule has 0 bridgehead atoms. The first-order valence-electron chi connectivity index (χ1n) is 7.89. The van der Waals surface area contributed by atoms with E-state index in [1.54, 1.807) is 0 Å². The monoisotopic (exact) mass is 289 g/mol. The Bertz CT molecular complexity index is 461. The molecule has 3 unspecified atom stereocenters. The lowest BCUT2D eigenvalue weighted by Gasteiger charge is -2.38. The summed E-state index contributed by atoms with van der Waals surface area (Å²) in [5.74, 6) is 0. The Morgan fingerprint density at radius 2 is 1.76 bits per heavy atom. The smallest absolute Gasteiger partial charge is 0.319 e. The molecule has 0 saturated carbocycles. The van der Waals surface area contributed by atoms with E-state index in [2.05, 4.69) is 43.5 Å². The number of amides is 2. The lowest BCUT2D eigenvalue weighted by Crippen LogP contribution is -2.49. The van der Waals surface area contributed by atoms with Crippen molar-refractivity contribution in [1.29, 1.82) is 0 Å². The zero-order valence-electron chi connectivity index (χ0n) is 13.5. The molecule has 1 fully saturated rings. The van der Waals surface area contributed by atoms with Gasteiger partial charge in [-0.25, -0.2) is 4.79 Å². The Morgan fingerprint density at radius 1 is 1.19 bits per heavy atom. The van der Waals surface area contributed by atoms with E-state index in [0.29, 0.717) is 18.1 Å². The van der Waals surface area contributed by atoms with Crippen molar-refractivity contribution < 1.29 is 4.79 Å². The van der Waals surface area contributed by atoms with E-state index >= 15 is 0 Å². The summed E-state index contributed by atoms with van der Waals surface area (Å²) in [7, 11) is 1.94. The minimum absolute atomic E-state index is 0.0177. The minimum Gasteiger partial charge on any atom is -0.319 e. The second-order valence-electron chi connectivity index (χ2n) is 6.10. The highest BCUT2D eigenvalue weighted by atomic mass is 16.2. The molecule has 1 saturated heterocycles. The van der Waals surface area contributed by atoms with Crippen molar-refractivity contribution in [2.75, 3.05) is 12.4 Å². The van der Waals surface area contributed by atoms with Crippen LogP contribution in [0.4, 0.5) is 10.5 Å². The molecular weight excluding hydrogens is 262 g/mol. The van der Waals surface area contributed by atoms with E-state index < -0.39 is 0 Å². The van der Waals surface area contributed by atoms with Crippen LogP contribution in [0.1, 0.15) is 51.6 Å². The second-order valence-corrected chi connectivity index (χ2v) is 6.10. The van der Waals surface area contributed by atoms with Gasteiger partial charge in [0.25, 0.3) is 0 Å². The van der Waals surface area contributed by atoms with Crippen molar-refractivity contribution in [3.05, 3.63) is 29.8 Å². The van der Waals surface area contributed by atoms with E-state index in [-0.39, 0.29) is 6.03 Å². The fourth-order valence-corrected chi connectivity index (χ4v) is 3.03. The van der Waals surface area contributed by atoms with Gasteiger partial charge in [-0.2, -0.15) is 0 Å². The van der Waals surface area contributed by atoms with Crippen LogP contribution in [0.25, 0.3) is 0 Å². The van der Waals surface area contributed by atoms with Crippen molar-refractivity contribution in [2.24, 2.45) is 0 Å². The minimum atomic E-state index is 0.0177. The number of rotatable bonds is 3. The van der Waals surface area contributed by atoms with Crippen molar-refractivity contribution in [3.63, 3.8) is 0 Å². The zero-order chi connectivity index (χ0) is 15.4. The number of benzene rings is 1. The van der Waals surface area contributed by atoms with Crippen LogP contribution in [0.3, 0.4) is 0 Å². The maximum atomic E-state index is 12.5. The molecule has 4 heteroatoms. The third-order valence-electron chi connectivity index (χ3n) is 4.52. The number of carbonyl (C=O) groups is 1. The van der Waals surface area contributed by atoms with Gasteiger partial charge in [0.1, 0.15) is 0 Å². The number of piperidine rings is 1. The molecule has 2 amide bonds. The largest absolute Gasteiger partial charge is 0.322 e. The van der Waals surface area contributed by atoms with Crippen LogP contribution in [-0.4, -0.2) is 30.1 Å². The summed E-state index contributed by atoms with van der Waals surface area (Å²) in [6, 6.07) is 9.02. The highest BCUT2D eigenvalue weighted by molar-refractivity contribution is 5.89. The van der Waals surface area contributed by atoms with E-state index in [1.165, 1.54) is 12.0 Å². The normalized spacial score (nSPS) is 23.7. The van der Waals surface area contributed by atoms with Crippen LogP contribution in [-0.2, 0) is 0 Å².